The molecule has 4 nitrogen and oxygen atoms in total. The predicted octanol–water partition coefficient (Wildman–Crippen LogP) is 2.13. The molecule has 0 saturated carbocycles. The van der Waals surface area contributed by atoms with Crippen molar-refractivity contribution in [1.29, 1.82) is 0 Å². The lowest BCUT2D eigenvalue weighted by Crippen LogP contribution is -2.02. The zero-order valence-electron chi connectivity index (χ0n) is 8.73. The summed E-state index contributed by atoms with van der Waals surface area (Å²) in [6, 6.07) is 8.61. The molecule has 0 amide bonds. The molecule has 0 unspecified atom stereocenters. The number of aromatic carboxylic acids is 1. The number of ether oxygens (including phenoxy) is 1. The van der Waals surface area contributed by atoms with Crippen LogP contribution in [0.4, 0.5) is 5.69 Å². The number of carboxylic acid groups (broad SMARTS) is 1. The third kappa shape index (κ3) is 1.65. The fourth-order valence-electron chi connectivity index (χ4n) is 1.61. The average Bonchev–Trinajstić information content (AvgIpc) is 2.27. The summed E-state index contributed by atoms with van der Waals surface area (Å²) in [6.45, 7) is 0. The van der Waals surface area contributed by atoms with Crippen molar-refractivity contribution in [2.75, 3.05) is 12.8 Å². The van der Waals surface area contributed by atoms with Gasteiger partial charge in [-0.15, -0.1) is 0 Å². The van der Waals surface area contributed by atoms with E-state index in [0.717, 1.165) is 16.5 Å². The number of hydrogen-bond donors (Lipinski definition) is 2. The third-order valence-corrected chi connectivity index (χ3v) is 2.45. The van der Waals surface area contributed by atoms with Gasteiger partial charge in [0, 0.05) is 5.69 Å². The molecule has 0 saturated heterocycles. The SMILES string of the molecule is COc1ccc2cc(C(=O)O)c(N)cc2c1. The smallest absolute Gasteiger partial charge is 0.337 e. The molecule has 4 heteroatoms. The van der Waals surface area contributed by atoms with E-state index in [4.69, 9.17) is 15.6 Å². The Morgan fingerprint density at radius 3 is 2.62 bits per heavy atom. The van der Waals surface area contributed by atoms with Crippen molar-refractivity contribution in [1.82, 2.24) is 0 Å². The number of benzene rings is 2. The Morgan fingerprint density at radius 2 is 2.00 bits per heavy atom. The standard InChI is InChI=1S/C12H11NO3/c1-16-9-3-2-7-5-10(12(14)15)11(13)6-8(7)4-9/h2-6H,13H2,1H3,(H,14,15). The van der Waals surface area contributed by atoms with E-state index in [1.54, 1.807) is 31.4 Å². The molecule has 2 aromatic rings. The van der Waals surface area contributed by atoms with Crippen molar-refractivity contribution in [3.8, 4) is 5.75 Å². The number of anilines is 1. The molecule has 0 aliphatic heterocycles. The zero-order chi connectivity index (χ0) is 11.7. The lowest BCUT2D eigenvalue weighted by molar-refractivity contribution is 0.0698. The van der Waals surface area contributed by atoms with Crippen molar-refractivity contribution in [2.45, 2.75) is 0 Å². The van der Waals surface area contributed by atoms with Gasteiger partial charge in [-0.3, -0.25) is 0 Å². The summed E-state index contributed by atoms with van der Waals surface area (Å²) >= 11 is 0. The van der Waals surface area contributed by atoms with Gasteiger partial charge >= 0.3 is 5.97 Å². The van der Waals surface area contributed by atoms with E-state index in [-0.39, 0.29) is 11.3 Å². The minimum atomic E-state index is -1.02. The van der Waals surface area contributed by atoms with Gasteiger partial charge in [0.1, 0.15) is 5.75 Å². The normalized spacial score (nSPS) is 10.3. The largest absolute Gasteiger partial charge is 0.497 e. The van der Waals surface area contributed by atoms with Crippen LogP contribution in [0.3, 0.4) is 0 Å². The highest BCUT2D eigenvalue weighted by molar-refractivity contribution is 6.00. The molecule has 2 aromatic carbocycles. The molecular formula is C12H11NO3. The maximum absolute atomic E-state index is 10.9. The summed E-state index contributed by atoms with van der Waals surface area (Å²) < 4.78 is 5.08. The Balaban J connectivity index is 2.68. The van der Waals surface area contributed by atoms with Gasteiger partial charge in [-0.2, -0.15) is 0 Å². The van der Waals surface area contributed by atoms with E-state index >= 15 is 0 Å². The van der Waals surface area contributed by atoms with Gasteiger partial charge in [-0.1, -0.05) is 6.07 Å². The first-order chi connectivity index (χ1) is 7.61. The number of hydrogen-bond acceptors (Lipinski definition) is 3. The molecule has 16 heavy (non-hydrogen) atoms. The van der Waals surface area contributed by atoms with Gasteiger partial charge < -0.3 is 15.6 Å². The number of carbonyl (C=O) groups is 1. The van der Waals surface area contributed by atoms with Crippen LogP contribution in [0.15, 0.2) is 30.3 Å². The van der Waals surface area contributed by atoms with E-state index in [1.165, 1.54) is 0 Å². The molecule has 0 aromatic heterocycles. The first-order valence-electron chi connectivity index (χ1n) is 4.72. The lowest BCUT2D eigenvalue weighted by atomic mass is 10.0. The maximum Gasteiger partial charge on any atom is 0.337 e. The van der Waals surface area contributed by atoms with E-state index in [9.17, 15) is 4.79 Å². The van der Waals surface area contributed by atoms with Gasteiger partial charge in [0.15, 0.2) is 0 Å². The van der Waals surface area contributed by atoms with Crippen LogP contribution < -0.4 is 10.5 Å². The Bertz CT molecular complexity index is 563. The fourth-order valence-corrected chi connectivity index (χ4v) is 1.61. The number of fused-ring (bicyclic) bond motifs is 1. The number of nitrogens with two attached hydrogens (primary N) is 1. The Labute approximate surface area is 92.3 Å². The average molecular weight is 217 g/mol. The quantitative estimate of drug-likeness (QED) is 0.756. The van der Waals surface area contributed by atoms with Gasteiger partial charge in [0.25, 0.3) is 0 Å². The minimum Gasteiger partial charge on any atom is -0.497 e. The second kappa shape index (κ2) is 3.73. The van der Waals surface area contributed by atoms with E-state index < -0.39 is 5.97 Å². The lowest BCUT2D eigenvalue weighted by Gasteiger charge is -2.06. The Kier molecular flexibility index (Phi) is 2.40. The number of methoxy groups -OCH3 is 1. The van der Waals surface area contributed by atoms with Crippen LogP contribution in [0.25, 0.3) is 10.8 Å². The summed E-state index contributed by atoms with van der Waals surface area (Å²) in [5.41, 5.74) is 6.04. The Morgan fingerprint density at radius 1 is 1.25 bits per heavy atom. The number of carboxylic acids is 1. The van der Waals surface area contributed by atoms with Crippen LogP contribution in [-0.2, 0) is 0 Å². The molecule has 0 bridgehead atoms. The van der Waals surface area contributed by atoms with Gasteiger partial charge in [0.2, 0.25) is 0 Å². The summed E-state index contributed by atoms with van der Waals surface area (Å²) in [4.78, 5) is 10.9. The highest BCUT2D eigenvalue weighted by Gasteiger charge is 2.09. The first-order valence-corrected chi connectivity index (χ1v) is 4.72. The highest BCUT2D eigenvalue weighted by atomic mass is 16.5. The second-order valence-electron chi connectivity index (χ2n) is 3.46. The number of nitrogen functional groups attached to an aromatic ring is 1. The summed E-state index contributed by atoms with van der Waals surface area (Å²) in [7, 11) is 1.58. The van der Waals surface area contributed by atoms with E-state index in [2.05, 4.69) is 0 Å². The monoisotopic (exact) mass is 217 g/mol. The molecule has 0 aliphatic rings. The van der Waals surface area contributed by atoms with Crippen molar-refractivity contribution in [3.05, 3.63) is 35.9 Å². The molecule has 82 valence electrons. The van der Waals surface area contributed by atoms with Crippen LogP contribution in [0.5, 0.6) is 5.75 Å². The van der Waals surface area contributed by atoms with Crippen LogP contribution in [0.2, 0.25) is 0 Å². The minimum absolute atomic E-state index is 0.123. The fraction of sp³-hybridized carbons (Fsp3) is 0.0833. The van der Waals surface area contributed by atoms with E-state index in [1.807, 2.05) is 6.07 Å². The van der Waals surface area contributed by atoms with E-state index in [0.29, 0.717) is 0 Å². The van der Waals surface area contributed by atoms with Crippen molar-refractivity contribution in [2.24, 2.45) is 0 Å². The summed E-state index contributed by atoms with van der Waals surface area (Å²) in [5, 5.41) is 10.6. The Hall–Kier alpha value is -2.23. The highest BCUT2D eigenvalue weighted by Crippen LogP contribution is 2.25. The van der Waals surface area contributed by atoms with Crippen LogP contribution in [0.1, 0.15) is 10.4 Å². The molecule has 0 aliphatic carbocycles. The van der Waals surface area contributed by atoms with Crippen molar-refractivity contribution >= 4 is 22.4 Å². The van der Waals surface area contributed by atoms with Crippen molar-refractivity contribution in [3.63, 3.8) is 0 Å². The predicted molar refractivity (Wildman–Crippen MR) is 61.9 cm³/mol. The summed E-state index contributed by atoms with van der Waals surface area (Å²) in [5.74, 6) is -0.301. The molecule has 0 heterocycles. The molecule has 0 atom stereocenters. The summed E-state index contributed by atoms with van der Waals surface area (Å²) in [6.07, 6.45) is 0. The van der Waals surface area contributed by atoms with Crippen LogP contribution >= 0.6 is 0 Å². The molecule has 2 rings (SSSR count). The second-order valence-corrected chi connectivity index (χ2v) is 3.46. The molecule has 0 spiro atoms. The van der Waals surface area contributed by atoms with Crippen LogP contribution in [-0.4, -0.2) is 18.2 Å². The maximum atomic E-state index is 10.9. The van der Waals surface area contributed by atoms with Crippen molar-refractivity contribution < 1.29 is 14.6 Å². The molecule has 0 fully saturated rings. The zero-order valence-corrected chi connectivity index (χ0v) is 8.73. The third-order valence-electron chi connectivity index (χ3n) is 2.45. The number of rotatable bonds is 2. The molecular weight excluding hydrogens is 206 g/mol. The van der Waals surface area contributed by atoms with Gasteiger partial charge in [-0.05, 0) is 35.0 Å². The first kappa shape index (κ1) is 10.3. The van der Waals surface area contributed by atoms with Gasteiger partial charge in [0.05, 0.1) is 12.7 Å². The van der Waals surface area contributed by atoms with Gasteiger partial charge in [-0.25, -0.2) is 4.79 Å². The molecule has 3 N–H and O–H groups in total. The van der Waals surface area contributed by atoms with Crippen LogP contribution in [0, 0.1) is 0 Å². The molecule has 0 radical (unpaired) electrons. The topological polar surface area (TPSA) is 72.5 Å².